The summed E-state index contributed by atoms with van der Waals surface area (Å²) in [6, 6.07) is 5.76. The number of phenols is 1. The molecular weight excluding hydrogens is 172 g/mol. The molecule has 1 aromatic rings. The van der Waals surface area contributed by atoms with Crippen molar-refractivity contribution in [2.24, 2.45) is 0 Å². The highest BCUT2D eigenvalue weighted by Crippen LogP contribution is 2.27. The van der Waals surface area contributed by atoms with Crippen LogP contribution < -0.4 is 0 Å². The standard InChI is InChI=1S/C13H20O/c1-4-6-11-7-8-12(14)9-13(11)10(3)5-2/h7-10,14H,4-6H2,1-3H3. The number of aromatic hydroxyl groups is 1. The van der Waals surface area contributed by atoms with Crippen LogP contribution in [0.1, 0.15) is 50.7 Å². The van der Waals surface area contributed by atoms with Crippen LogP contribution >= 0.6 is 0 Å². The van der Waals surface area contributed by atoms with E-state index in [1.165, 1.54) is 11.1 Å². The maximum Gasteiger partial charge on any atom is 0.115 e. The van der Waals surface area contributed by atoms with Gasteiger partial charge in [-0.25, -0.2) is 0 Å². The Hall–Kier alpha value is -0.980. The molecule has 0 bridgehead atoms. The summed E-state index contributed by atoms with van der Waals surface area (Å²) in [4.78, 5) is 0. The topological polar surface area (TPSA) is 20.2 Å². The Morgan fingerprint density at radius 3 is 2.57 bits per heavy atom. The molecule has 1 heteroatoms. The summed E-state index contributed by atoms with van der Waals surface area (Å²) in [5.74, 6) is 0.934. The van der Waals surface area contributed by atoms with Gasteiger partial charge in [-0.3, -0.25) is 0 Å². The number of rotatable bonds is 4. The van der Waals surface area contributed by atoms with Gasteiger partial charge in [0.2, 0.25) is 0 Å². The molecule has 0 spiro atoms. The van der Waals surface area contributed by atoms with Gasteiger partial charge in [0.1, 0.15) is 5.75 Å². The first kappa shape index (κ1) is 11.1. The van der Waals surface area contributed by atoms with Crippen molar-refractivity contribution in [1.29, 1.82) is 0 Å². The molecule has 0 saturated heterocycles. The van der Waals surface area contributed by atoms with E-state index in [1.54, 1.807) is 6.07 Å². The number of phenolic OH excluding ortho intramolecular Hbond substituents is 1. The number of aryl methyl sites for hydroxylation is 1. The second-order valence-electron chi connectivity index (χ2n) is 3.94. The largest absolute Gasteiger partial charge is 0.508 e. The Kier molecular flexibility index (Phi) is 3.99. The van der Waals surface area contributed by atoms with Crippen molar-refractivity contribution >= 4 is 0 Å². The summed E-state index contributed by atoms with van der Waals surface area (Å²) in [5.41, 5.74) is 2.70. The summed E-state index contributed by atoms with van der Waals surface area (Å²) in [5, 5.41) is 9.45. The molecule has 0 aliphatic rings. The van der Waals surface area contributed by atoms with E-state index in [2.05, 4.69) is 26.8 Å². The summed E-state index contributed by atoms with van der Waals surface area (Å²) in [6.45, 7) is 6.59. The molecule has 14 heavy (non-hydrogen) atoms. The molecule has 0 aliphatic carbocycles. The van der Waals surface area contributed by atoms with E-state index < -0.39 is 0 Å². The van der Waals surface area contributed by atoms with Crippen molar-refractivity contribution in [2.75, 3.05) is 0 Å². The number of hydrogen-bond donors (Lipinski definition) is 1. The van der Waals surface area contributed by atoms with Gasteiger partial charge < -0.3 is 5.11 Å². The normalized spacial score (nSPS) is 12.8. The van der Waals surface area contributed by atoms with Gasteiger partial charge in [-0.2, -0.15) is 0 Å². The van der Waals surface area contributed by atoms with Crippen LogP contribution in [-0.2, 0) is 6.42 Å². The van der Waals surface area contributed by atoms with E-state index in [4.69, 9.17) is 0 Å². The first-order valence-electron chi connectivity index (χ1n) is 5.50. The van der Waals surface area contributed by atoms with Gasteiger partial charge in [0, 0.05) is 0 Å². The van der Waals surface area contributed by atoms with Crippen LogP contribution in [0.2, 0.25) is 0 Å². The minimum absolute atomic E-state index is 0.389. The SMILES string of the molecule is CCCc1ccc(O)cc1C(C)CC. The lowest BCUT2D eigenvalue weighted by Crippen LogP contribution is -1.98. The molecule has 78 valence electrons. The highest BCUT2D eigenvalue weighted by Gasteiger charge is 2.09. The van der Waals surface area contributed by atoms with Gasteiger partial charge >= 0.3 is 0 Å². The number of benzene rings is 1. The van der Waals surface area contributed by atoms with Crippen molar-refractivity contribution in [3.8, 4) is 5.75 Å². The fraction of sp³-hybridized carbons (Fsp3) is 0.538. The average Bonchev–Trinajstić information content (AvgIpc) is 2.20. The highest BCUT2D eigenvalue weighted by molar-refractivity contribution is 5.37. The zero-order valence-electron chi connectivity index (χ0n) is 9.38. The highest BCUT2D eigenvalue weighted by atomic mass is 16.3. The first-order valence-corrected chi connectivity index (χ1v) is 5.50. The Balaban J connectivity index is 3.02. The van der Waals surface area contributed by atoms with Crippen LogP contribution in [0.4, 0.5) is 0 Å². The molecule has 0 radical (unpaired) electrons. The van der Waals surface area contributed by atoms with Gasteiger partial charge in [0.05, 0.1) is 0 Å². The summed E-state index contributed by atoms with van der Waals surface area (Å²) in [7, 11) is 0. The van der Waals surface area contributed by atoms with Crippen LogP contribution in [0.5, 0.6) is 5.75 Å². The van der Waals surface area contributed by atoms with Gasteiger partial charge in [-0.15, -0.1) is 0 Å². The predicted octanol–water partition coefficient (Wildman–Crippen LogP) is 3.86. The van der Waals surface area contributed by atoms with E-state index in [0.717, 1.165) is 19.3 Å². The molecule has 1 N–H and O–H groups in total. The van der Waals surface area contributed by atoms with Crippen LogP contribution in [-0.4, -0.2) is 5.11 Å². The van der Waals surface area contributed by atoms with E-state index in [-0.39, 0.29) is 0 Å². The third-order valence-electron chi connectivity index (χ3n) is 2.79. The van der Waals surface area contributed by atoms with E-state index >= 15 is 0 Å². The summed E-state index contributed by atoms with van der Waals surface area (Å²) in [6.07, 6.45) is 3.40. The van der Waals surface area contributed by atoms with Crippen LogP contribution in [0, 0.1) is 0 Å². The second-order valence-corrected chi connectivity index (χ2v) is 3.94. The quantitative estimate of drug-likeness (QED) is 0.768. The molecule has 1 nitrogen and oxygen atoms in total. The lowest BCUT2D eigenvalue weighted by Gasteiger charge is -2.14. The molecular formula is C13H20O. The van der Waals surface area contributed by atoms with Crippen molar-refractivity contribution in [3.05, 3.63) is 29.3 Å². The Labute approximate surface area is 86.8 Å². The molecule has 0 aromatic heterocycles. The average molecular weight is 192 g/mol. The van der Waals surface area contributed by atoms with Gasteiger partial charge in [0.25, 0.3) is 0 Å². The third-order valence-corrected chi connectivity index (χ3v) is 2.79. The predicted molar refractivity (Wildman–Crippen MR) is 60.8 cm³/mol. The van der Waals surface area contributed by atoms with Crippen molar-refractivity contribution in [2.45, 2.75) is 46.0 Å². The van der Waals surface area contributed by atoms with E-state index in [9.17, 15) is 5.11 Å². The van der Waals surface area contributed by atoms with E-state index in [1.807, 2.05) is 6.07 Å². The lowest BCUT2D eigenvalue weighted by atomic mass is 9.91. The van der Waals surface area contributed by atoms with Gasteiger partial charge in [-0.05, 0) is 42.0 Å². The molecule has 1 rings (SSSR count). The molecule has 1 aromatic carbocycles. The molecule has 0 aliphatic heterocycles. The van der Waals surface area contributed by atoms with Crippen LogP contribution in [0.15, 0.2) is 18.2 Å². The number of hydrogen-bond acceptors (Lipinski definition) is 1. The minimum Gasteiger partial charge on any atom is -0.508 e. The zero-order chi connectivity index (χ0) is 10.6. The van der Waals surface area contributed by atoms with Crippen molar-refractivity contribution in [1.82, 2.24) is 0 Å². The lowest BCUT2D eigenvalue weighted by molar-refractivity contribution is 0.473. The van der Waals surface area contributed by atoms with Crippen molar-refractivity contribution < 1.29 is 5.11 Å². The maximum absolute atomic E-state index is 9.45. The fourth-order valence-electron chi connectivity index (χ4n) is 1.76. The monoisotopic (exact) mass is 192 g/mol. The Morgan fingerprint density at radius 2 is 2.00 bits per heavy atom. The zero-order valence-corrected chi connectivity index (χ0v) is 9.38. The Morgan fingerprint density at radius 1 is 1.29 bits per heavy atom. The van der Waals surface area contributed by atoms with Gasteiger partial charge in [-0.1, -0.05) is 33.3 Å². The maximum atomic E-state index is 9.45. The first-order chi connectivity index (χ1) is 6.69. The molecule has 1 atom stereocenters. The molecule has 0 heterocycles. The van der Waals surface area contributed by atoms with Crippen LogP contribution in [0.25, 0.3) is 0 Å². The van der Waals surface area contributed by atoms with Gasteiger partial charge in [0.15, 0.2) is 0 Å². The van der Waals surface area contributed by atoms with Crippen molar-refractivity contribution in [3.63, 3.8) is 0 Å². The molecule has 0 saturated carbocycles. The van der Waals surface area contributed by atoms with Crippen LogP contribution in [0.3, 0.4) is 0 Å². The third kappa shape index (κ3) is 2.50. The Bertz CT molecular complexity index is 291. The summed E-state index contributed by atoms with van der Waals surface area (Å²) >= 11 is 0. The summed E-state index contributed by atoms with van der Waals surface area (Å²) < 4.78 is 0. The minimum atomic E-state index is 0.389. The second kappa shape index (κ2) is 5.04. The molecule has 0 amide bonds. The van der Waals surface area contributed by atoms with E-state index in [0.29, 0.717) is 11.7 Å². The smallest absolute Gasteiger partial charge is 0.115 e. The molecule has 1 unspecified atom stereocenters. The molecule has 0 fully saturated rings. The fourth-order valence-corrected chi connectivity index (χ4v) is 1.76.